The van der Waals surface area contributed by atoms with Gasteiger partial charge >= 0.3 is 11.9 Å². The maximum atomic E-state index is 11.2. The van der Waals surface area contributed by atoms with Crippen LogP contribution in [0.1, 0.15) is 32.7 Å². The van der Waals surface area contributed by atoms with Crippen LogP contribution in [0.2, 0.25) is 0 Å². The second-order valence-electron chi connectivity index (χ2n) is 2.60. The Balaban J connectivity index is 2.66. The van der Waals surface area contributed by atoms with Gasteiger partial charge in [0.15, 0.2) is 0 Å². The molecule has 1 heterocycles. The second kappa shape index (κ2) is 4.76. The summed E-state index contributed by atoms with van der Waals surface area (Å²) >= 11 is 0.925. The normalized spacial score (nSPS) is 9.79. The summed E-state index contributed by atoms with van der Waals surface area (Å²) in [5.74, 6) is -1.48. The fourth-order valence-corrected chi connectivity index (χ4v) is 1.57. The third-order valence-electron chi connectivity index (χ3n) is 1.46. The maximum Gasteiger partial charge on any atom is 0.348 e. The Labute approximate surface area is 85.1 Å². The lowest BCUT2D eigenvalue weighted by atomic mass is 10.4. The van der Waals surface area contributed by atoms with Crippen LogP contribution in [-0.2, 0) is 4.74 Å². The minimum absolute atomic E-state index is 0.147. The van der Waals surface area contributed by atoms with E-state index in [0.29, 0.717) is 11.5 Å². The van der Waals surface area contributed by atoms with Gasteiger partial charge in [-0.2, -0.15) is 0 Å². The van der Waals surface area contributed by atoms with E-state index >= 15 is 0 Å². The van der Waals surface area contributed by atoms with Crippen LogP contribution < -0.4 is 0 Å². The smallest absolute Gasteiger partial charge is 0.348 e. The van der Waals surface area contributed by atoms with Crippen molar-refractivity contribution in [2.45, 2.75) is 13.3 Å². The number of hydrogen-bond donors (Lipinski definition) is 1. The summed E-state index contributed by atoms with van der Waals surface area (Å²) in [6.45, 7) is 2.25. The Bertz CT molecular complexity index is 342. The van der Waals surface area contributed by atoms with Gasteiger partial charge in [0.2, 0.25) is 0 Å². The van der Waals surface area contributed by atoms with Crippen LogP contribution >= 0.6 is 11.3 Å². The van der Waals surface area contributed by atoms with Crippen molar-refractivity contribution in [2.24, 2.45) is 0 Å². The Hall–Kier alpha value is -1.36. The van der Waals surface area contributed by atoms with Crippen LogP contribution in [0.5, 0.6) is 0 Å². The number of esters is 1. The van der Waals surface area contributed by atoms with Crippen molar-refractivity contribution in [1.29, 1.82) is 0 Å². The van der Waals surface area contributed by atoms with E-state index in [2.05, 4.69) is 0 Å². The Kier molecular flexibility index (Phi) is 3.64. The van der Waals surface area contributed by atoms with E-state index < -0.39 is 11.9 Å². The lowest BCUT2D eigenvalue weighted by Crippen LogP contribution is -2.03. The van der Waals surface area contributed by atoms with Crippen LogP contribution in [0.15, 0.2) is 12.1 Å². The summed E-state index contributed by atoms with van der Waals surface area (Å²) in [5, 5.41) is 8.61. The van der Waals surface area contributed by atoms with Gasteiger partial charge in [0, 0.05) is 0 Å². The van der Waals surface area contributed by atoms with Crippen LogP contribution in [0.25, 0.3) is 0 Å². The molecular weight excluding hydrogens is 204 g/mol. The number of carboxylic acid groups (broad SMARTS) is 1. The summed E-state index contributed by atoms with van der Waals surface area (Å²) in [6, 6.07) is 2.86. The van der Waals surface area contributed by atoms with Crippen LogP contribution in [0.3, 0.4) is 0 Å². The zero-order valence-corrected chi connectivity index (χ0v) is 8.47. The first-order valence-corrected chi connectivity index (χ1v) is 4.97. The summed E-state index contributed by atoms with van der Waals surface area (Å²) in [5.41, 5.74) is 0. The van der Waals surface area contributed by atoms with Gasteiger partial charge in [-0.1, -0.05) is 6.92 Å². The third-order valence-corrected chi connectivity index (χ3v) is 2.51. The number of carbonyl (C=O) groups is 2. The molecule has 1 rings (SSSR count). The van der Waals surface area contributed by atoms with Gasteiger partial charge in [-0.3, -0.25) is 0 Å². The SMILES string of the molecule is CCCOC(=O)c1ccc(C(=O)O)s1. The highest BCUT2D eigenvalue weighted by atomic mass is 32.1. The predicted molar refractivity (Wildman–Crippen MR) is 51.9 cm³/mol. The fraction of sp³-hybridized carbons (Fsp3) is 0.333. The van der Waals surface area contributed by atoms with E-state index in [0.717, 1.165) is 17.8 Å². The van der Waals surface area contributed by atoms with Gasteiger partial charge in [-0.25, -0.2) is 9.59 Å². The highest BCUT2D eigenvalue weighted by Crippen LogP contribution is 2.17. The van der Waals surface area contributed by atoms with Crippen molar-refractivity contribution in [3.8, 4) is 0 Å². The van der Waals surface area contributed by atoms with Gasteiger partial charge in [-0.15, -0.1) is 11.3 Å². The number of rotatable bonds is 4. The molecule has 0 aromatic carbocycles. The molecule has 1 aromatic rings. The zero-order valence-electron chi connectivity index (χ0n) is 7.65. The van der Waals surface area contributed by atoms with Crippen LogP contribution in [-0.4, -0.2) is 23.7 Å². The molecule has 0 saturated carbocycles. The molecule has 0 bridgehead atoms. The molecule has 0 amide bonds. The maximum absolute atomic E-state index is 11.2. The highest BCUT2D eigenvalue weighted by molar-refractivity contribution is 7.15. The van der Waals surface area contributed by atoms with Crippen molar-refractivity contribution in [2.75, 3.05) is 6.61 Å². The van der Waals surface area contributed by atoms with Crippen molar-refractivity contribution in [3.63, 3.8) is 0 Å². The molecule has 1 N–H and O–H groups in total. The average Bonchev–Trinajstić information content (AvgIpc) is 2.62. The molecule has 0 unspecified atom stereocenters. The van der Waals surface area contributed by atoms with E-state index in [1.165, 1.54) is 12.1 Å². The van der Waals surface area contributed by atoms with Crippen LogP contribution in [0, 0.1) is 0 Å². The molecule has 0 spiro atoms. The summed E-state index contributed by atoms with van der Waals surface area (Å²) < 4.78 is 4.85. The van der Waals surface area contributed by atoms with Crippen LogP contribution in [0.4, 0.5) is 0 Å². The number of thiophene rings is 1. The summed E-state index contributed by atoms with van der Waals surface area (Å²) in [7, 11) is 0. The first kappa shape index (κ1) is 10.7. The molecule has 1 aromatic heterocycles. The zero-order chi connectivity index (χ0) is 10.6. The molecule has 0 atom stereocenters. The Morgan fingerprint density at radius 1 is 1.43 bits per heavy atom. The second-order valence-corrected chi connectivity index (χ2v) is 3.69. The Morgan fingerprint density at radius 2 is 2.07 bits per heavy atom. The van der Waals surface area contributed by atoms with E-state index in [1.54, 1.807) is 0 Å². The minimum Gasteiger partial charge on any atom is -0.477 e. The third kappa shape index (κ3) is 2.56. The number of carboxylic acids is 1. The number of hydrogen-bond acceptors (Lipinski definition) is 4. The first-order chi connectivity index (χ1) is 6.65. The minimum atomic E-state index is -1.02. The van der Waals surface area contributed by atoms with Gasteiger partial charge in [-0.05, 0) is 18.6 Å². The monoisotopic (exact) mass is 214 g/mol. The molecule has 0 saturated heterocycles. The van der Waals surface area contributed by atoms with Crippen molar-refractivity contribution >= 4 is 23.3 Å². The molecule has 0 radical (unpaired) electrons. The molecule has 0 aliphatic carbocycles. The molecule has 76 valence electrons. The molecule has 0 aliphatic heterocycles. The van der Waals surface area contributed by atoms with Crippen molar-refractivity contribution in [1.82, 2.24) is 0 Å². The molecular formula is C9H10O4S. The van der Waals surface area contributed by atoms with Gasteiger partial charge in [0.05, 0.1) is 6.61 Å². The predicted octanol–water partition coefficient (Wildman–Crippen LogP) is 2.01. The van der Waals surface area contributed by atoms with E-state index in [9.17, 15) is 9.59 Å². The quantitative estimate of drug-likeness (QED) is 0.779. The van der Waals surface area contributed by atoms with Gasteiger partial charge < -0.3 is 9.84 Å². The van der Waals surface area contributed by atoms with Gasteiger partial charge in [0.25, 0.3) is 0 Å². The lowest BCUT2D eigenvalue weighted by Gasteiger charge is -1.98. The fourth-order valence-electron chi connectivity index (χ4n) is 0.828. The van der Waals surface area contributed by atoms with E-state index in [-0.39, 0.29) is 4.88 Å². The van der Waals surface area contributed by atoms with Gasteiger partial charge in [0.1, 0.15) is 9.75 Å². The van der Waals surface area contributed by atoms with E-state index in [1.807, 2.05) is 6.92 Å². The largest absolute Gasteiger partial charge is 0.477 e. The molecule has 4 nitrogen and oxygen atoms in total. The van der Waals surface area contributed by atoms with Crippen molar-refractivity contribution < 1.29 is 19.4 Å². The molecule has 14 heavy (non-hydrogen) atoms. The molecule has 0 fully saturated rings. The topological polar surface area (TPSA) is 63.6 Å². The summed E-state index contributed by atoms with van der Waals surface area (Å²) in [4.78, 5) is 22.2. The average molecular weight is 214 g/mol. The number of ether oxygens (including phenoxy) is 1. The molecule has 0 aliphatic rings. The Morgan fingerprint density at radius 3 is 2.57 bits per heavy atom. The number of carbonyl (C=O) groups excluding carboxylic acids is 1. The van der Waals surface area contributed by atoms with E-state index in [4.69, 9.17) is 9.84 Å². The highest BCUT2D eigenvalue weighted by Gasteiger charge is 2.13. The van der Waals surface area contributed by atoms with Crippen molar-refractivity contribution in [3.05, 3.63) is 21.9 Å². The summed E-state index contributed by atoms with van der Waals surface area (Å²) in [6.07, 6.45) is 0.753. The first-order valence-electron chi connectivity index (χ1n) is 4.15. The molecule has 5 heteroatoms. The standard InChI is InChI=1S/C9H10O4S/c1-2-5-13-9(12)7-4-3-6(14-7)8(10)11/h3-4H,2,5H2,1H3,(H,10,11). The lowest BCUT2D eigenvalue weighted by molar-refractivity contribution is 0.0510. The number of aromatic carboxylic acids is 1.